The fourth-order valence-electron chi connectivity index (χ4n) is 3.30. The third-order valence-electron chi connectivity index (χ3n) is 4.73. The predicted molar refractivity (Wildman–Crippen MR) is 116 cm³/mol. The molecule has 0 fully saturated rings. The number of aliphatic imine (C=N–C) groups is 2. The third kappa shape index (κ3) is 4.20. The fraction of sp³-hybridized carbons (Fsp3) is 0.130. The Hall–Kier alpha value is -4.00. The summed E-state index contributed by atoms with van der Waals surface area (Å²) in [5.41, 5.74) is 2.03. The molecular formula is C23H20N4O3. The number of methoxy groups -OCH3 is 1. The summed E-state index contributed by atoms with van der Waals surface area (Å²) < 4.78 is 5.27. The Balaban J connectivity index is 1.67. The zero-order chi connectivity index (χ0) is 20.9. The van der Waals surface area contributed by atoms with Crippen LogP contribution in [0.1, 0.15) is 5.56 Å². The lowest BCUT2D eigenvalue weighted by Crippen LogP contribution is -2.46. The van der Waals surface area contributed by atoms with Crippen molar-refractivity contribution in [3.63, 3.8) is 0 Å². The number of rotatable bonds is 4. The lowest BCUT2D eigenvalue weighted by molar-refractivity contribution is 0.226. The van der Waals surface area contributed by atoms with E-state index in [-0.39, 0.29) is 12.5 Å². The fourth-order valence-corrected chi connectivity index (χ4v) is 3.30. The first-order valence-electron chi connectivity index (χ1n) is 9.46. The lowest BCUT2D eigenvalue weighted by atomic mass is 9.94. The highest BCUT2D eigenvalue weighted by Gasteiger charge is 2.34. The number of anilines is 1. The van der Waals surface area contributed by atoms with Gasteiger partial charge in [0.2, 0.25) is 0 Å². The van der Waals surface area contributed by atoms with Crippen LogP contribution in [0.25, 0.3) is 0 Å². The van der Waals surface area contributed by atoms with Crippen molar-refractivity contribution in [2.45, 2.75) is 6.54 Å². The molecular weight excluding hydrogens is 380 g/mol. The molecule has 1 unspecified atom stereocenters. The Morgan fingerprint density at radius 1 is 1.17 bits per heavy atom. The molecule has 1 aliphatic heterocycles. The van der Waals surface area contributed by atoms with Gasteiger partial charge in [-0.3, -0.25) is 4.90 Å². The first kappa shape index (κ1) is 19.3. The molecule has 0 bridgehead atoms. The standard InChI is InChI=1S/C23H20N4O3/c1-30-18-11-7-8-16(14-18)15-27-21(19-12-5-6-13-20(19)25-23(27)29)26-22(28)24-17-9-3-2-4-10-17/h2-14,19H,15H2,1H3,(H,24,28)/b26-21-. The molecule has 150 valence electrons. The van der Waals surface area contributed by atoms with Gasteiger partial charge in [0.1, 0.15) is 11.6 Å². The van der Waals surface area contributed by atoms with E-state index >= 15 is 0 Å². The van der Waals surface area contributed by atoms with Gasteiger partial charge in [-0.2, -0.15) is 9.98 Å². The summed E-state index contributed by atoms with van der Waals surface area (Å²) in [6.07, 6.45) is 7.30. The number of para-hydroxylation sites is 1. The zero-order valence-electron chi connectivity index (χ0n) is 16.4. The van der Waals surface area contributed by atoms with E-state index in [0.29, 0.717) is 23.0 Å². The SMILES string of the molecule is COc1cccc(CN2C(=O)N=C3C=CC=CC3/C2=N/C(=O)Nc2ccccc2)c1. The molecule has 1 N–H and O–H groups in total. The predicted octanol–water partition coefficient (Wildman–Crippen LogP) is 4.44. The van der Waals surface area contributed by atoms with Crippen molar-refractivity contribution < 1.29 is 14.3 Å². The van der Waals surface area contributed by atoms with Gasteiger partial charge in [0.15, 0.2) is 0 Å². The first-order chi connectivity index (χ1) is 14.6. The van der Waals surface area contributed by atoms with Crippen LogP contribution in [0.3, 0.4) is 0 Å². The molecule has 7 heteroatoms. The molecule has 0 saturated carbocycles. The quantitative estimate of drug-likeness (QED) is 0.823. The Bertz CT molecular complexity index is 1090. The topological polar surface area (TPSA) is 83.4 Å². The maximum atomic E-state index is 12.8. The van der Waals surface area contributed by atoms with Crippen molar-refractivity contribution in [2.75, 3.05) is 12.4 Å². The van der Waals surface area contributed by atoms with Gasteiger partial charge in [-0.15, -0.1) is 0 Å². The zero-order valence-corrected chi connectivity index (χ0v) is 16.4. The van der Waals surface area contributed by atoms with Crippen LogP contribution in [0.15, 0.2) is 88.9 Å². The molecule has 1 heterocycles. The number of nitrogens with one attached hydrogen (secondary N) is 1. The number of amides is 4. The van der Waals surface area contributed by atoms with Gasteiger partial charge in [-0.1, -0.05) is 48.6 Å². The first-order valence-corrected chi connectivity index (χ1v) is 9.46. The van der Waals surface area contributed by atoms with E-state index in [9.17, 15) is 9.59 Å². The van der Waals surface area contributed by atoms with Gasteiger partial charge >= 0.3 is 12.1 Å². The van der Waals surface area contributed by atoms with Gasteiger partial charge in [-0.25, -0.2) is 9.59 Å². The van der Waals surface area contributed by atoms with E-state index in [1.165, 1.54) is 4.90 Å². The monoisotopic (exact) mass is 400 g/mol. The molecule has 0 aromatic heterocycles. The molecule has 0 radical (unpaired) electrons. The number of ether oxygens (including phenoxy) is 1. The van der Waals surface area contributed by atoms with Gasteiger partial charge in [0, 0.05) is 5.69 Å². The maximum absolute atomic E-state index is 12.8. The average Bonchev–Trinajstić information content (AvgIpc) is 2.77. The summed E-state index contributed by atoms with van der Waals surface area (Å²) in [4.78, 5) is 35.3. The van der Waals surface area contributed by atoms with Crippen molar-refractivity contribution in [3.8, 4) is 5.75 Å². The van der Waals surface area contributed by atoms with Crippen LogP contribution >= 0.6 is 0 Å². The van der Waals surface area contributed by atoms with Crippen LogP contribution in [0.4, 0.5) is 15.3 Å². The van der Waals surface area contributed by atoms with Crippen LogP contribution in [0.5, 0.6) is 5.75 Å². The molecule has 0 spiro atoms. The van der Waals surface area contributed by atoms with E-state index in [4.69, 9.17) is 4.74 Å². The number of hydrogen-bond donors (Lipinski definition) is 1. The number of allylic oxidation sites excluding steroid dienone is 3. The van der Waals surface area contributed by atoms with Crippen LogP contribution in [0, 0.1) is 5.92 Å². The molecule has 7 nitrogen and oxygen atoms in total. The van der Waals surface area contributed by atoms with Gasteiger partial charge in [0.05, 0.1) is 25.3 Å². The summed E-state index contributed by atoms with van der Waals surface area (Å²) in [5, 5.41) is 2.74. The van der Waals surface area contributed by atoms with Crippen molar-refractivity contribution in [1.82, 2.24) is 4.90 Å². The summed E-state index contributed by atoms with van der Waals surface area (Å²) in [7, 11) is 1.59. The number of urea groups is 2. The van der Waals surface area contributed by atoms with E-state index in [1.54, 1.807) is 25.3 Å². The summed E-state index contributed by atoms with van der Waals surface area (Å²) in [6, 6.07) is 15.4. The van der Waals surface area contributed by atoms with Gasteiger partial charge in [-0.05, 0) is 35.9 Å². The number of carbonyl (C=O) groups excluding carboxylic acids is 2. The van der Waals surface area contributed by atoms with Crippen molar-refractivity contribution in [2.24, 2.45) is 15.9 Å². The number of amidine groups is 1. The molecule has 4 amide bonds. The Kier molecular flexibility index (Phi) is 5.52. The molecule has 2 aliphatic rings. The molecule has 1 aliphatic carbocycles. The normalized spacial score (nSPS) is 18.8. The van der Waals surface area contributed by atoms with Crippen molar-refractivity contribution >= 4 is 29.3 Å². The summed E-state index contributed by atoms with van der Waals surface area (Å²) in [6.45, 7) is 0.221. The van der Waals surface area contributed by atoms with Gasteiger partial charge < -0.3 is 10.1 Å². The van der Waals surface area contributed by atoms with E-state index in [0.717, 1.165) is 5.56 Å². The number of fused-ring (bicyclic) bond motifs is 1. The molecule has 1 atom stereocenters. The molecule has 30 heavy (non-hydrogen) atoms. The number of carbonyl (C=O) groups is 2. The van der Waals surface area contributed by atoms with Crippen molar-refractivity contribution in [1.29, 1.82) is 0 Å². The Morgan fingerprint density at radius 3 is 2.80 bits per heavy atom. The molecule has 2 aromatic carbocycles. The van der Waals surface area contributed by atoms with E-state index < -0.39 is 12.1 Å². The minimum atomic E-state index is -0.552. The minimum absolute atomic E-state index is 0.221. The molecule has 2 aromatic rings. The maximum Gasteiger partial charge on any atom is 0.349 e. The summed E-state index contributed by atoms with van der Waals surface area (Å²) >= 11 is 0. The largest absolute Gasteiger partial charge is 0.497 e. The lowest BCUT2D eigenvalue weighted by Gasteiger charge is -2.31. The number of hydrogen-bond acceptors (Lipinski definition) is 3. The van der Waals surface area contributed by atoms with Gasteiger partial charge in [0.25, 0.3) is 0 Å². The summed E-state index contributed by atoms with van der Waals surface area (Å²) in [5.74, 6) is 0.642. The van der Waals surface area contributed by atoms with Crippen molar-refractivity contribution in [3.05, 3.63) is 84.5 Å². The minimum Gasteiger partial charge on any atom is -0.497 e. The second-order valence-electron chi connectivity index (χ2n) is 6.74. The number of benzene rings is 2. The van der Waals surface area contributed by atoms with Crippen LogP contribution in [-0.2, 0) is 6.54 Å². The molecule has 0 saturated heterocycles. The second kappa shape index (κ2) is 8.57. The van der Waals surface area contributed by atoms with Crippen LogP contribution in [-0.4, -0.2) is 35.6 Å². The highest BCUT2D eigenvalue weighted by molar-refractivity contribution is 6.24. The number of nitrogens with zero attached hydrogens (tertiary/aromatic N) is 3. The van der Waals surface area contributed by atoms with Crippen LogP contribution in [0.2, 0.25) is 0 Å². The molecule has 4 rings (SSSR count). The Morgan fingerprint density at radius 2 is 2.00 bits per heavy atom. The smallest absolute Gasteiger partial charge is 0.349 e. The Labute approximate surface area is 174 Å². The van der Waals surface area contributed by atoms with Crippen LogP contribution < -0.4 is 10.1 Å². The highest BCUT2D eigenvalue weighted by Crippen LogP contribution is 2.24. The van der Waals surface area contributed by atoms with E-state index in [1.807, 2.05) is 60.7 Å². The average molecular weight is 400 g/mol. The highest BCUT2D eigenvalue weighted by atomic mass is 16.5. The van der Waals surface area contributed by atoms with E-state index in [2.05, 4.69) is 15.3 Å². The second-order valence-corrected chi connectivity index (χ2v) is 6.74. The third-order valence-corrected chi connectivity index (χ3v) is 4.73.